The van der Waals surface area contributed by atoms with Gasteiger partial charge in [0.25, 0.3) is 0 Å². The van der Waals surface area contributed by atoms with Gasteiger partial charge in [0.15, 0.2) is 0 Å². The van der Waals surface area contributed by atoms with E-state index < -0.39 is 6.61 Å². The minimum atomic E-state index is -2.76. The topological polar surface area (TPSA) is 24.5 Å². The molecular formula is C16H22F2N2O. The van der Waals surface area contributed by atoms with Crippen LogP contribution in [0.15, 0.2) is 24.3 Å². The third kappa shape index (κ3) is 3.19. The van der Waals surface area contributed by atoms with Crippen LogP contribution in [0.2, 0.25) is 0 Å². The van der Waals surface area contributed by atoms with E-state index in [0.29, 0.717) is 12.1 Å². The number of likely N-dealkylation sites (tertiary alicyclic amines) is 1. The molecule has 0 spiro atoms. The second-order valence-corrected chi connectivity index (χ2v) is 5.99. The van der Waals surface area contributed by atoms with Gasteiger partial charge in [0.2, 0.25) is 0 Å². The summed E-state index contributed by atoms with van der Waals surface area (Å²) in [4.78, 5) is 2.55. The van der Waals surface area contributed by atoms with E-state index in [1.807, 2.05) is 12.1 Å². The predicted molar refractivity (Wildman–Crippen MR) is 77.6 cm³/mol. The van der Waals surface area contributed by atoms with Gasteiger partial charge in [-0.15, -0.1) is 0 Å². The van der Waals surface area contributed by atoms with Gasteiger partial charge in [-0.25, -0.2) is 0 Å². The minimum Gasteiger partial charge on any atom is -0.435 e. The first-order valence-corrected chi connectivity index (χ1v) is 7.66. The van der Waals surface area contributed by atoms with Crippen LogP contribution in [0.3, 0.4) is 0 Å². The zero-order valence-electron chi connectivity index (χ0n) is 12.3. The Morgan fingerprint density at radius 2 is 2.00 bits per heavy atom. The summed E-state index contributed by atoms with van der Waals surface area (Å²) >= 11 is 0. The number of hydrogen-bond acceptors (Lipinski definition) is 3. The van der Waals surface area contributed by atoms with Crippen LogP contribution in [0.1, 0.15) is 31.4 Å². The number of alkyl halides is 2. The fourth-order valence-electron chi connectivity index (χ4n) is 3.70. The van der Waals surface area contributed by atoms with Crippen LogP contribution in [0.25, 0.3) is 0 Å². The molecule has 0 radical (unpaired) electrons. The summed E-state index contributed by atoms with van der Waals surface area (Å²) in [6.45, 7) is 2.72. The van der Waals surface area contributed by atoms with E-state index in [9.17, 15) is 8.78 Å². The molecular weight excluding hydrogens is 274 g/mol. The zero-order valence-corrected chi connectivity index (χ0v) is 12.3. The summed E-state index contributed by atoms with van der Waals surface area (Å²) in [6.07, 6.45) is 2.54. The van der Waals surface area contributed by atoms with Crippen molar-refractivity contribution in [1.29, 1.82) is 0 Å². The van der Waals surface area contributed by atoms with Crippen molar-refractivity contribution in [3.63, 3.8) is 0 Å². The number of halogens is 2. The Bertz CT molecular complexity index is 466. The van der Waals surface area contributed by atoms with Crippen molar-refractivity contribution in [1.82, 2.24) is 10.2 Å². The molecule has 1 aromatic carbocycles. The van der Waals surface area contributed by atoms with Gasteiger partial charge in [0.1, 0.15) is 5.75 Å². The SMILES string of the molecule is CC(c1ccc(OC(F)F)cc1)N1CCCC2CNCC21. The fourth-order valence-corrected chi connectivity index (χ4v) is 3.70. The van der Waals surface area contributed by atoms with Crippen LogP contribution in [-0.2, 0) is 0 Å². The molecule has 116 valence electrons. The summed E-state index contributed by atoms with van der Waals surface area (Å²) in [5, 5.41) is 3.49. The van der Waals surface area contributed by atoms with Crippen LogP contribution in [-0.4, -0.2) is 37.2 Å². The van der Waals surface area contributed by atoms with Crippen LogP contribution in [0.4, 0.5) is 8.78 Å². The molecule has 0 bridgehead atoms. The lowest BCUT2D eigenvalue weighted by atomic mass is 9.90. The van der Waals surface area contributed by atoms with Gasteiger partial charge in [-0.3, -0.25) is 4.90 Å². The summed E-state index contributed by atoms with van der Waals surface area (Å²) in [7, 11) is 0. The first kappa shape index (κ1) is 14.7. The molecule has 21 heavy (non-hydrogen) atoms. The Morgan fingerprint density at radius 3 is 2.71 bits per heavy atom. The third-order valence-corrected chi connectivity index (χ3v) is 4.81. The highest BCUT2D eigenvalue weighted by molar-refractivity contribution is 5.29. The lowest BCUT2D eigenvalue weighted by Gasteiger charge is -2.41. The molecule has 3 atom stereocenters. The molecule has 0 aromatic heterocycles. The highest BCUT2D eigenvalue weighted by atomic mass is 19.3. The van der Waals surface area contributed by atoms with Crippen molar-refractivity contribution in [2.75, 3.05) is 19.6 Å². The average molecular weight is 296 g/mol. The quantitative estimate of drug-likeness (QED) is 0.924. The molecule has 3 unspecified atom stereocenters. The number of nitrogens with one attached hydrogen (secondary N) is 1. The largest absolute Gasteiger partial charge is 0.435 e. The van der Waals surface area contributed by atoms with Crippen LogP contribution in [0, 0.1) is 5.92 Å². The maximum atomic E-state index is 12.2. The van der Waals surface area contributed by atoms with E-state index >= 15 is 0 Å². The summed E-state index contributed by atoms with van der Waals surface area (Å²) in [5.41, 5.74) is 1.16. The molecule has 2 fully saturated rings. The Hall–Kier alpha value is -1.20. The van der Waals surface area contributed by atoms with Crippen LogP contribution < -0.4 is 10.1 Å². The summed E-state index contributed by atoms with van der Waals surface area (Å²) < 4.78 is 28.8. The number of ether oxygens (including phenoxy) is 1. The van der Waals surface area contributed by atoms with Gasteiger partial charge < -0.3 is 10.1 Å². The molecule has 0 amide bonds. The zero-order chi connectivity index (χ0) is 14.8. The number of fused-ring (bicyclic) bond motifs is 1. The predicted octanol–water partition coefficient (Wildman–Crippen LogP) is 3.03. The molecule has 0 aliphatic carbocycles. The highest BCUT2D eigenvalue weighted by Gasteiger charge is 2.37. The van der Waals surface area contributed by atoms with Gasteiger partial charge in [0.05, 0.1) is 0 Å². The first-order valence-electron chi connectivity index (χ1n) is 7.66. The molecule has 2 aliphatic heterocycles. The Morgan fingerprint density at radius 1 is 1.24 bits per heavy atom. The van der Waals surface area contributed by atoms with E-state index in [1.54, 1.807) is 12.1 Å². The summed E-state index contributed by atoms with van der Waals surface area (Å²) in [6, 6.07) is 7.96. The van der Waals surface area contributed by atoms with E-state index in [-0.39, 0.29) is 5.75 Å². The normalized spacial score (nSPS) is 27.6. The average Bonchev–Trinajstić information content (AvgIpc) is 2.95. The molecule has 1 aromatic rings. The molecule has 0 saturated carbocycles. The monoisotopic (exact) mass is 296 g/mol. The lowest BCUT2D eigenvalue weighted by molar-refractivity contribution is -0.0498. The van der Waals surface area contributed by atoms with E-state index in [0.717, 1.165) is 31.1 Å². The lowest BCUT2D eigenvalue weighted by Crippen LogP contribution is -2.46. The number of hydrogen-bond donors (Lipinski definition) is 1. The van der Waals surface area contributed by atoms with E-state index in [2.05, 4.69) is 21.9 Å². The number of nitrogens with zero attached hydrogens (tertiary/aromatic N) is 1. The molecule has 2 saturated heterocycles. The van der Waals surface area contributed by atoms with Crippen molar-refractivity contribution in [3.05, 3.63) is 29.8 Å². The molecule has 2 heterocycles. The second-order valence-electron chi connectivity index (χ2n) is 5.99. The highest BCUT2D eigenvalue weighted by Crippen LogP contribution is 2.33. The van der Waals surface area contributed by atoms with E-state index in [4.69, 9.17) is 0 Å². The van der Waals surface area contributed by atoms with Crippen molar-refractivity contribution in [2.45, 2.75) is 38.5 Å². The second kappa shape index (κ2) is 6.28. The molecule has 3 nitrogen and oxygen atoms in total. The molecule has 1 N–H and O–H groups in total. The standard InChI is InChI=1S/C16H22F2N2O/c1-11(12-4-6-14(7-5-12)21-16(17)18)20-8-2-3-13-9-19-10-15(13)20/h4-7,11,13,15-16,19H,2-3,8-10H2,1H3. The van der Waals surface area contributed by atoms with Crippen LogP contribution >= 0.6 is 0 Å². The van der Waals surface area contributed by atoms with Gasteiger partial charge in [-0.2, -0.15) is 8.78 Å². The van der Waals surface area contributed by atoms with Crippen molar-refractivity contribution < 1.29 is 13.5 Å². The maximum absolute atomic E-state index is 12.2. The Labute approximate surface area is 124 Å². The fraction of sp³-hybridized carbons (Fsp3) is 0.625. The maximum Gasteiger partial charge on any atom is 0.387 e. The van der Waals surface area contributed by atoms with Crippen molar-refractivity contribution in [2.24, 2.45) is 5.92 Å². The van der Waals surface area contributed by atoms with Crippen molar-refractivity contribution in [3.8, 4) is 5.75 Å². The smallest absolute Gasteiger partial charge is 0.387 e. The number of rotatable bonds is 4. The Kier molecular flexibility index (Phi) is 4.40. The van der Waals surface area contributed by atoms with Gasteiger partial charge in [-0.1, -0.05) is 12.1 Å². The number of piperidine rings is 1. The van der Waals surface area contributed by atoms with Crippen molar-refractivity contribution >= 4 is 0 Å². The Balaban J connectivity index is 1.70. The van der Waals surface area contributed by atoms with E-state index in [1.165, 1.54) is 12.8 Å². The van der Waals surface area contributed by atoms with Gasteiger partial charge >= 0.3 is 6.61 Å². The molecule has 2 aliphatic rings. The third-order valence-electron chi connectivity index (χ3n) is 4.81. The number of benzene rings is 1. The van der Waals surface area contributed by atoms with Gasteiger partial charge in [-0.05, 0) is 56.5 Å². The summed E-state index contributed by atoms with van der Waals surface area (Å²) in [5.74, 6) is 0.975. The molecule has 5 heteroatoms. The first-order chi connectivity index (χ1) is 10.1. The van der Waals surface area contributed by atoms with Crippen LogP contribution in [0.5, 0.6) is 5.75 Å². The molecule has 3 rings (SSSR count). The van der Waals surface area contributed by atoms with Gasteiger partial charge in [0, 0.05) is 18.6 Å². The minimum absolute atomic E-state index is 0.222.